The van der Waals surface area contributed by atoms with E-state index in [0.717, 1.165) is 49.6 Å². The highest BCUT2D eigenvalue weighted by atomic mass is 16.7. The van der Waals surface area contributed by atoms with Crippen LogP contribution < -0.4 is 5.46 Å². The maximum atomic E-state index is 6.35. The first kappa shape index (κ1) is 21.6. The van der Waals surface area contributed by atoms with Crippen molar-refractivity contribution in [2.45, 2.75) is 38.9 Å². The second kappa shape index (κ2) is 7.65. The van der Waals surface area contributed by atoms with Gasteiger partial charge in [0.2, 0.25) is 0 Å². The summed E-state index contributed by atoms with van der Waals surface area (Å²) in [6.45, 7) is 16.0. The summed E-state index contributed by atoms with van der Waals surface area (Å²) in [5.41, 5.74) is 4.65. The Morgan fingerprint density at radius 2 is 1.55 bits per heavy atom. The molecule has 0 amide bonds. The molecule has 0 saturated carbocycles. The Kier molecular flexibility index (Phi) is 5.00. The van der Waals surface area contributed by atoms with E-state index in [1.165, 1.54) is 0 Å². The van der Waals surface area contributed by atoms with Gasteiger partial charge < -0.3 is 9.31 Å². The predicted molar refractivity (Wildman–Crippen MR) is 140 cm³/mol. The van der Waals surface area contributed by atoms with Gasteiger partial charge in [0.1, 0.15) is 0 Å². The maximum Gasteiger partial charge on any atom is 0.495 e. The molecular weight excluding hydrogens is 407 g/mol. The third-order valence-corrected chi connectivity index (χ3v) is 6.99. The first-order valence-electron chi connectivity index (χ1n) is 11.2. The highest BCUT2D eigenvalue weighted by Crippen LogP contribution is 2.38. The number of benzene rings is 3. The molecule has 0 bridgehead atoms. The quantitative estimate of drug-likeness (QED) is 0.279. The first-order valence-corrected chi connectivity index (χ1v) is 11.2. The van der Waals surface area contributed by atoms with Crippen LogP contribution in [0, 0.1) is 0 Å². The van der Waals surface area contributed by atoms with Gasteiger partial charge in [-0.15, -0.1) is 0 Å². The summed E-state index contributed by atoms with van der Waals surface area (Å²) >= 11 is 0. The Bertz CT molecular complexity index is 1410. The van der Waals surface area contributed by atoms with E-state index >= 15 is 0 Å². The van der Waals surface area contributed by atoms with Crippen molar-refractivity contribution in [2.24, 2.45) is 4.99 Å². The topological polar surface area (TPSA) is 43.7 Å². The van der Waals surface area contributed by atoms with Gasteiger partial charge >= 0.3 is 7.12 Å². The molecule has 0 spiro atoms. The Labute approximate surface area is 195 Å². The smallest absolute Gasteiger partial charge is 0.399 e. The van der Waals surface area contributed by atoms with Crippen LogP contribution in [0.5, 0.6) is 0 Å². The van der Waals surface area contributed by atoms with Crippen molar-refractivity contribution in [3.8, 4) is 11.3 Å². The lowest BCUT2D eigenvalue weighted by molar-refractivity contribution is 0.00578. The van der Waals surface area contributed by atoms with Gasteiger partial charge in [0.25, 0.3) is 0 Å². The van der Waals surface area contributed by atoms with Crippen molar-refractivity contribution in [2.75, 3.05) is 0 Å². The Morgan fingerprint density at radius 1 is 0.879 bits per heavy atom. The van der Waals surface area contributed by atoms with Gasteiger partial charge in [-0.1, -0.05) is 67.3 Å². The molecule has 0 unspecified atom stereocenters. The fraction of sp³-hybridized carbons (Fsp3) is 0.214. The van der Waals surface area contributed by atoms with E-state index in [1.54, 1.807) is 6.08 Å². The summed E-state index contributed by atoms with van der Waals surface area (Å²) in [6.07, 6.45) is 1.78. The van der Waals surface area contributed by atoms with Crippen molar-refractivity contribution in [1.29, 1.82) is 0 Å². The molecule has 1 aliphatic heterocycles. The number of fused-ring (bicyclic) bond motifs is 2. The van der Waals surface area contributed by atoms with Gasteiger partial charge in [-0.2, -0.15) is 0 Å². The zero-order valence-corrected chi connectivity index (χ0v) is 19.6. The summed E-state index contributed by atoms with van der Waals surface area (Å²) in [4.78, 5) is 9.25. The van der Waals surface area contributed by atoms with Crippen molar-refractivity contribution >= 4 is 52.7 Å². The molecule has 0 N–H and O–H groups in total. The van der Waals surface area contributed by atoms with Crippen LogP contribution in [0.4, 0.5) is 5.69 Å². The van der Waals surface area contributed by atoms with Crippen LogP contribution in [0.15, 0.2) is 72.2 Å². The minimum atomic E-state index is -0.426. The molecule has 5 rings (SSSR count). The molecule has 0 aliphatic carbocycles. The molecular formula is C28H27BN2O2. The van der Waals surface area contributed by atoms with Crippen LogP contribution in [0.2, 0.25) is 0 Å². The van der Waals surface area contributed by atoms with Crippen molar-refractivity contribution < 1.29 is 9.31 Å². The zero-order chi connectivity index (χ0) is 23.4. The van der Waals surface area contributed by atoms with E-state index < -0.39 is 18.3 Å². The molecule has 0 radical (unpaired) electrons. The zero-order valence-electron chi connectivity index (χ0n) is 19.6. The van der Waals surface area contributed by atoms with Crippen LogP contribution in [0.25, 0.3) is 39.0 Å². The molecule has 5 heteroatoms. The molecule has 1 aliphatic rings. The Morgan fingerprint density at radius 3 is 2.21 bits per heavy atom. The van der Waals surface area contributed by atoms with E-state index in [1.807, 2.05) is 24.3 Å². The molecule has 4 aromatic rings. The highest BCUT2D eigenvalue weighted by Gasteiger charge is 2.52. The molecule has 1 fully saturated rings. The Hall–Kier alpha value is -3.28. The molecule has 3 aromatic carbocycles. The van der Waals surface area contributed by atoms with Crippen LogP contribution in [-0.2, 0) is 9.31 Å². The number of pyridine rings is 1. The summed E-state index contributed by atoms with van der Waals surface area (Å²) in [6, 6.07) is 20.7. The second-order valence-electron chi connectivity index (χ2n) is 9.47. The number of hydrogen-bond donors (Lipinski definition) is 0. The third-order valence-electron chi connectivity index (χ3n) is 6.99. The van der Waals surface area contributed by atoms with Crippen LogP contribution in [0.1, 0.15) is 33.3 Å². The van der Waals surface area contributed by atoms with E-state index in [9.17, 15) is 0 Å². The van der Waals surface area contributed by atoms with Gasteiger partial charge in [0.15, 0.2) is 0 Å². The first-order chi connectivity index (χ1) is 15.8. The highest BCUT2D eigenvalue weighted by molar-refractivity contribution is 6.65. The number of hydrogen-bond acceptors (Lipinski definition) is 4. The molecule has 2 heterocycles. The predicted octanol–water partition coefficient (Wildman–Crippen LogP) is 6.33. The van der Waals surface area contributed by atoms with Crippen LogP contribution in [-0.4, -0.2) is 30.0 Å². The summed E-state index contributed by atoms with van der Waals surface area (Å²) in [5, 5.41) is 3.21. The van der Waals surface area contributed by atoms with E-state index in [0.29, 0.717) is 0 Å². The normalized spacial score (nSPS) is 16.9. The number of aromatic nitrogens is 1. The third kappa shape index (κ3) is 3.40. The fourth-order valence-electron chi connectivity index (χ4n) is 4.39. The monoisotopic (exact) mass is 434 g/mol. The molecule has 1 aromatic heterocycles. The molecule has 4 nitrogen and oxygen atoms in total. The molecule has 1 saturated heterocycles. The molecule has 33 heavy (non-hydrogen) atoms. The minimum Gasteiger partial charge on any atom is -0.399 e. The van der Waals surface area contributed by atoms with Gasteiger partial charge in [-0.05, 0) is 56.7 Å². The van der Waals surface area contributed by atoms with Crippen LogP contribution in [0.3, 0.4) is 0 Å². The lowest BCUT2D eigenvalue weighted by Crippen LogP contribution is -2.41. The van der Waals surface area contributed by atoms with Crippen molar-refractivity contribution in [3.63, 3.8) is 0 Å². The summed E-state index contributed by atoms with van der Waals surface area (Å²) < 4.78 is 12.7. The van der Waals surface area contributed by atoms with E-state index in [4.69, 9.17) is 14.3 Å². The number of aliphatic imine (C=N–C) groups is 1. The van der Waals surface area contributed by atoms with Crippen molar-refractivity contribution in [1.82, 2.24) is 4.98 Å². The standard InChI is InChI=1S/C28H27BN2O2/c1-7-18-12-13-19-14-17-24(31-26(19)25(18)30-6)22-15-16-23(21-11-9-8-10-20(21)22)29-32-27(2,3)28(4,5)33-29/h7-17H,1,6H2,2-5H3. The lowest BCUT2D eigenvalue weighted by atomic mass is 9.75. The number of nitrogens with zero attached hydrogens (tertiary/aromatic N) is 2. The second-order valence-corrected chi connectivity index (χ2v) is 9.47. The van der Waals surface area contributed by atoms with Crippen LogP contribution >= 0.6 is 0 Å². The largest absolute Gasteiger partial charge is 0.495 e. The number of rotatable bonds is 4. The summed E-state index contributed by atoms with van der Waals surface area (Å²) in [5.74, 6) is 0. The van der Waals surface area contributed by atoms with Crippen molar-refractivity contribution in [3.05, 3.63) is 72.8 Å². The van der Waals surface area contributed by atoms with Gasteiger partial charge in [0.05, 0.1) is 28.1 Å². The van der Waals surface area contributed by atoms with Gasteiger partial charge in [0, 0.05) is 16.5 Å². The average molecular weight is 434 g/mol. The SMILES string of the molecule is C=Cc1ccc2ccc(-c3ccc(B4OC(C)(C)C(C)(C)O4)c4ccccc34)nc2c1N=C. The Balaban J connectivity index is 1.68. The lowest BCUT2D eigenvalue weighted by Gasteiger charge is -2.32. The van der Waals surface area contributed by atoms with E-state index in [2.05, 4.69) is 82.4 Å². The maximum absolute atomic E-state index is 6.35. The average Bonchev–Trinajstić information content (AvgIpc) is 3.03. The van der Waals surface area contributed by atoms with Gasteiger partial charge in [-0.25, -0.2) is 4.98 Å². The molecule has 0 atom stereocenters. The summed E-state index contributed by atoms with van der Waals surface area (Å²) in [7, 11) is -0.426. The van der Waals surface area contributed by atoms with Gasteiger partial charge in [-0.3, -0.25) is 4.99 Å². The molecule has 164 valence electrons. The van der Waals surface area contributed by atoms with E-state index in [-0.39, 0.29) is 0 Å². The fourth-order valence-corrected chi connectivity index (χ4v) is 4.39. The minimum absolute atomic E-state index is 0.395.